The van der Waals surface area contributed by atoms with Crippen molar-refractivity contribution < 1.29 is 8.42 Å². The van der Waals surface area contributed by atoms with Gasteiger partial charge in [-0.2, -0.15) is 0 Å². The third-order valence-electron chi connectivity index (χ3n) is 4.47. The molecule has 2 saturated carbocycles. The SMILES string of the molecule is Cc1ccc(N)cc1S(=O)(=O)NCC(C1CC1)C1CC1. The Hall–Kier alpha value is -1.07. The Morgan fingerprint density at radius 1 is 1.25 bits per heavy atom. The van der Waals surface area contributed by atoms with Crippen molar-refractivity contribution in [3.8, 4) is 0 Å². The molecule has 3 N–H and O–H groups in total. The van der Waals surface area contributed by atoms with Crippen LogP contribution in [-0.4, -0.2) is 15.0 Å². The first-order chi connectivity index (χ1) is 9.47. The van der Waals surface area contributed by atoms with Crippen LogP contribution in [0.3, 0.4) is 0 Å². The third-order valence-corrected chi connectivity index (χ3v) is 6.03. The molecule has 2 aliphatic carbocycles. The molecule has 0 bridgehead atoms. The summed E-state index contributed by atoms with van der Waals surface area (Å²) in [6.07, 6.45) is 5.06. The van der Waals surface area contributed by atoms with Gasteiger partial charge in [-0.05, 0) is 68.1 Å². The number of sulfonamides is 1. The molecule has 4 nitrogen and oxygen atoms in total. The number of hydrogen-bond donors (Lipinski definition) is 2. The van der Waals surface area contributed by atoms with Crippen LogP contribution in [0.5, 0.6) is 0 Å². The van der Waals surface area contributed by atoms with Crippen molar-refractivity contribution in [1.29, 1.82) is 0 Å². The summed E-state index contributed by atoms with van der Waals surface area (Å²) in [7, 11) is -3.45. The molecule has 2 aliphatic rings. The summed E-state index contributed by atoms with van der Waals surface area (Å²) in [6, 6.07) is 5.02. The van der Waals surface area contributed by atoms with Crippen molar-refractivity contribution in [3.05, 3.63) is 23.8 Å². The van der Waals surface area contributed by atoms with Crippen LogP contribution in [0.2, 0.25) is 0 Å². The second-order valence-corrected chi connectivity index (χ2v) is 7.95. The molecule has 0 aliphatic heterocycles. The average Bonchev–Trinajstić information content (AvgIpc) is 3.25. The van der Waals surface area contributed by atoms with E-state index in [-0.39, 0.29) is 0 Å². The zero-order valence-corrected chi connectivity index (χ0v) is 12.6. The highest BCUT2D eigenvalue weighted by Gasteiger charge is 2.41. The molecule has 1 aromatic carbocycles. The minimum Gasteiger partial charge on any atom is -0.399 e. The number of rotatable bonds is 6. The van der Waals surface area contributed by atoms with Gasteiger partial charge >= 0.3 is 0 Å². The van der Waals surface area contributed by atoms with Crippen molar-refractivity contribution in [1.82, 2.24) is 4.72 Å². The molecular weight excluding hydrogens is 272 g/mol. The lowest BCUT2D eigenvalue weighted by Crippen LogP contribution is -2.31. The molecule has 1 aromatic rings. The first-order valence-corrected chi connectivity index (χ1v) is 8.81. The molecule has 0 atom stereocenters. The lowest BCUT2D eigenvalue weighted by atomic mass is 9.99. The van der Waals surface area contributed by atoms with Crippen molar-refractivity contribution in [2.75, 3.05) is 12.3 Å². The van der Waals surface area contributed by atoms with E-state index < -0.39 is 10.0 Å². The first kappa shape index (κ1) is 13.9. The lowest BCUT2D eigenvalue weighted by molar-refractivity contribution is 0.401. The maximum absolute atomic E-state index is 12.4. The quantitative estimate of drug-likeness (QED) is 0.791. The van der Waals surface area contributed by atoms with Gasteiger partial charge in [0.05, 0.1) is 4.90 Å². The summed E-state index contributed by atoms with van der Waals surface area (Å²) in [4.78, 5) is 0.308. The van der Waals surface area contributed by atoms with Gasteiger partial charge in [0.2, 0.25) is 10.0 Å². The van der Waals surface area contributed by atoms with E-state index in [1.54, 1.807) is 25.1 Å². The van der Waals surface area contributed by atoms with Gasteiger partial charge < -0.3 is 5.73 Å². The van der Waals surface area contributed by atoms with Gasteiger partial charge in [-0.3, -0.25) is 0 Å². The fourth-order valence-electron chi connectivity index (χ4n) is 2.96. The largest absolute Gasteiger partial charge is 0.399 e. The number of benzene rings is 1. The number of anilines is 1. The summed E-state index contributed by atoms with van der Waals surface area (Å²) >= 11 is 0. The molecular formula is C15H22N2O2S. The minimum atomic E-state index is -3.45. The fraction of sp³-hybridized carbons (Fsp3) is 0.600. The highest BCUT2D eigenvalue weighted by atomic mass is 32.2. The first-order valence-electron chi connectivity index (χ1n) is 7.33. The van der Waals surface area contributed by atoms with Gasteiger partial charge in [0, 0.05) is 12.2 Å². The van der Waals surface area contributed by atoms with Crippen molar-refractivity contribution in [3.63, 3.8) is 0 Å². The molecule has 0 aromatic heterocycles. The predicted molar refractivity (Wildman–Crippen MR) is 79.7 cm³/mol. The molecule has 0 saturated heterocycles. The van der Waals surface area contributed by atoms with Gasteiger partial charge in [-0.15, -0.1) is 0 Å². The van der Waals surface area contributed by atoms with E-state index >= 15 is 0 Å². The summed E-state index contributed by atoms with van der Waals surface area (Å²) in [5.74, 6) is 2.02. The number of nitrogens with one attached hydrogen (secondary N) is 1. The molecule has 20 heavy (non-hydrogen) atoms. The van der Waals surface area contributed by atoms with E-state index in [4.69, 9.17) is 5.73 Å². The lowest BCUT2D eigenvalue weighted by Gasteiger charge is -2.17. The molecule has 2 fully saturated rings. The van der Waals surface area contributed by atoms with E-state index in [1.165, 1.54) is 25.7 Å². The Bertz CT molecular complexity index is 592. The third kappa shape index (κ3) is 2.99. The van der Waals surface area contributed by atoms with Crippen LogP contribution >= 0.6 is 0 Å². The molecule has 0 spiro atoms. The standard InChI is InChI=1S/C15H22N2O2S/c1-10-2-7-13(16)8-15(10)20(18,19)17-9-14(11-3-4-11)12-5-6-12/h2,7-8,11-12,14,17H,3-6,9,16H2,1H3. The highest BCUT2D eigenvalue weighted by Crippen LogP contribution is 2.48. The predicted octanol–water partition coefficient (Wildman–Crippen LogP) is 2.29. The molecule has 0 unspecified atom stereocenters. The van der Waals surface area contributed by atoms with Crippen LogP contribution < -0.4 is 10.5 Å². The van der Waals surface area contributed by atoms with Crippen LogP contribution in [0.4, 0.5) is 5.69 Å². The number of hydrogen-bond acceptors (Lipinski definition) is 3. The van der Waals surface area contributed by atoms with Gasteiger partial charge in [0.25, 0.3) is 0 Å². The van der Waals surface area contributed by atoms with Gasteiger partial charge in [-0.25, -0.2) is 13.1 Å². The number of aryl methyl sites for hydroxylation is 1. The summed E-state index contributed by atoms with van der Waals surface area (Å²) in [5.41, 5.74) is 6.92. The van der Waals surface area contributed by atoms with E-state index in [0.29, 0.717) is 23.0 Å². The molecule has 0 heterocycles. The Kier molecular flexibility index (Phi) is 3.50. The van der Waals surface area contributed by atoms with Crippen LogP contribution in [-0.2, 0) is 10.0 Å². The maximum Gasteiger partial charge on any atom is 0.240 e. The maximum atomic E-state index is 12.4. The van der Waals surface area contributed by atoms with Crippen LogP contribution in [0.25, 0.3) is 0 Å². The summed E-state index contributed by atoms with van der Waals surface area (Å²) < 4.78 is 27.7. The van der Waals surface area contributed by atoms with Crippen LogP contribution in [0.1, 0.15) is 31.2 Å². The molecule has 110 valence electrons. The average molecular weight is 294 g/mol. The van der Waals surface area contributed by atoms with Crippen LogP contribution in [0, 0.1) is 24.7 Å². The normalized spacial score (nSPS) is 19.5. The number of nitrogen functional groups attached to an aromatic ring is 1. The minimum absolute atomic E-state index is 0.308. The summed E-state index contributed by atoms with van der Waals surface area (Å²) in [5, 5.41) is 0. The smallest absolute Gasteiger partial charge is 0.240 e. The second-order valence-electron chi connectivity index (χ2n) is 6.22. The van der Waals surface area contributed by atoms with Gasteiger partial charge in [0.15, 0.2) is 0 Å². The van der Waals surface area contributed by atoms with Gasteiger partial charge in [-0.1, -0.05) is 6.07 Å². The van der Waals surface area contributed by atoms with Gasteiger partial charge in [0.1, 0.15) is 0 Å². The molecule has 3 rings (SSSR count). The van der Waals surface area contributed by atoms with Crippen molar-refractivity contribution >= 4 is 15.7 Å². The second kappa shape index (κ2) is 5.04. The monoisotopic (exact) mass is 294 g/mol. The Labute approximate surface area is 120 Å². The van der Waals surface area contributed by atoms with Crippen molar-refractivity contribution in [2.45, 2.75) is 37.5 Å². The molecule has 5 heteroatoms. The zero-order chi connectivity index (χ0) is 14.3. The zero-order valence-electron chi connectivity index (χ0n) is 11.8. The highest BCUT2D eigenvalue weighted by molar-refractivity contribution is 7.89. The van der Waals surface area contributed by atoms with Crippen LogP contribution in [0.15, 0.2) is 23.1 Å². The molecule has 0 radical (unpaired) electrons. The van der Waals surface area contributed by atoms with E-state index in [1.807, 2.05) is 0 Å². The van der Waals surface area contributed by atoms with E-state index in [9.17, 15) is 8.42 Å². The molecule has 0 amide bonds. The summed E-state index contributed by atoms with van der Waals surface area (Å²) in [6.45, 7) is 2.37. The Balaban J connectivity index is 1.73. The Morgan fingerprint density at radius 3 is 2.40 bits per heavy atom. The topological polar surface area (TPSA) is 72.2 Å². The Morgan fingerprint density at radius 2 is 1.85 bits per heavy atom. The van der Waals surface area contributed by atoms with E-state index in [2.05, 4.69) is 4.72 Å². The fourth-order valence-corrected chi connectivity index (χ4v) is 4.31. The number of nitrogens with two attached hydrogens (primary N) is 1. The van der Waals surface area contributed by atoms with Crippen molar-refractivity contribution in [2.24, 2.45) is 17.8 Å². The van der Waals surface area contributed by atoms with E-state index in [0.717, 1.165) is 17.4 Å².